The van der Waals surface area contributed by atoms with E-state index in [1.807, 2.05) is 24.3 Å². The molecule has 0 saturated heterocycles. The summed E-state index contributed by atoms with van der Waals surface area (Å²) in [4.78, 5) is 12.3. The molecule has 1 saturated carbocycles. The Kier molecular flexibility index (Phi) is 4.58. The summed E-state index contributed by atoms with van der Waals surface area (Å²) in [5.74, 6) is 0.573. The number of hydrogen-bond donors (Lipinski definition) is 1. The number of carbonyl (C=O) groups excluding carboxylic acids is 1. The number of alkyl halides is 1. The van der Waals surface area contributed by atoms with Crippen LogP contribution in [0.15, 0.2) is 28.8 Å². The van der Waals surface area contributed by atoms with Gasteiger partial charge in [0.2, 0.25) is 5.91 Å². The predicted molar refractivity (Wildman–Crippen MR) is 85.4 cm³/mol. The number of nitrogens with one attached hydrogen (secondary N) is 1. The van der Waals surface area contributed by atoms with Crippen LogP contribution in [0, 0.1) is 5.92 Å². The van der Waals surface area contributed by atoms with Crippen LogP contribution in [-0.2, 0) is 11.2 Å². The zero-order valence-electron chi connectivity index (χ0n) is 11.8. The Morgan fingerprint density at radius 3 is 3.00 bits per heavy atom. The average Bonchev–Trinajstić information content (AvgIpc) is 2.91. The van der Waals surface area contributed by atoms with E-state index in [-0.39, 0.29) is 18.4 Å². The van der Waals surface area contributed by atoms with Gasteiger partial charge in [0.1, 0.15) is 5.69 Å². The smallest absolute Gasteiger partial charge is 0.226 e. The number of benzene rings is 1. The van der Waals surface area contributed by atoms with Crippen LogP contribution in [-0.4, -0.2) is 22.4 Å². The Morgan fingerprint density at radius 2 is 2.14 bits per heavy atom. The molecule has 21 heavy (non-hydrogen) atoms. The van der Waals surface area contributed by atoms with Gasteiger partial charge in [0.15, 0.2) is 5.58 Å². The van der Waals surface area contributed by atoms with Crippen LogP contribution in [0.5, 0.6) is 0 Å². The minimum atomic E-state index is 0.0342. The summed E-state index contributed by atoms with van der Waals surface area (Å²) in [6, 6.07) is 7.93. The highest BCUT2D eigenvalue weighted by Crippen LogP contribution is 2.26. The molecule has 2 unspecified atom stereocenters. The topological polar surface area (TPSA) is 55.1 Å². The van der Waals surface area contributed by atoms with Crippen molar-refractivity contribution in [3.63, 3.8) is 0 Å². The molecule has 1 amide bonds. The number of para-hydroxylation sites is 1. The second-order valence-electron chi connectivity index (χ2n) is 5.68. The van der Waals surface area contributed by atoms with Gasteiger partial charge in [0.25, 0.3) is 0 Å². The Labute approximate surface area is 132 Å². The van der Waals surface area contributed by atoms with Crippen molar-refractivity contribution in [2.45, 2.75) is 38.1 Å². The third kappa shape index (κ3) is 3.28. The molecule has 1 aliphatic carbocycles. The lowest BCUT2D eigenvalue weighted by atomic mass is 9.86. The maximum atomic E-state index is 12.3. The molecule has 5 heteroatoms. The van der Waals surface area contributed by atoms with Crippen LogP contribution in [0.3, 0.4) is 0 Å². The standard InChI is InChI=1S/C16H19BrN2O2/c17-10-11-5-1-3-7-13(11)18-16(20)9-14-12-6-2-4-8-15(12)21-19-14/h2,4,6,8,11,13H,1,3,5,7,9-10H2,(H,18,20). The first kappa shape index (κ1) is 14.6. The van der Waals surface area contributed by atoms with Crippen LogP contribution in [0.4, 0.5) is 0 Å². The first-order chi connectivity index (χ1) is 10.3. The number of fused-ring (bicyclic) bond motifs is 1. The number of amides is 1. The van der Waals surface area contributed by atoms with Crippen molar-refractivity contribution in [1.82, 2.24) is 10.5 Å². The highest BCUT2D eigenvalue weighted by molar-refractivity contribution is 9.09. The number of carbonyl (C=O) groups is 1. The molecule has 3 rings (SSSR count). The summed E-state index contributed by atoms with van der Waals surface area (Å²) in [6.45, 7) is 0. The highest BCUT2D eigenvalue weighted by Gasteiger charge is 2.26. The average molecular weight is 351 g/mol. The molecule has 1 aliphatic rings. The number of halogens is 1. The molecule has 0 aliphatic heterocycles. The first-order valence-electron chi connectivity index (χ1n) is 7.46. The fourth-order valence-corrected chi connectivity index (χ4v) is 3.83. The minimum Gasteiger partial charge on any atom is -0.356 e. The third-order valence-electron chi connectivity index (χ3n) is 4.23. The zero-order valence-corrected chi connectivity index (χ0v) is 13.4. The van der Waals surface area contributed by atoms with E-state index >= 15 is 0 Å². The molecule has 1 N–H and O–H groups in total. The molecule has 1 heterocycles. The molecule has 1 aromatic heterocycles. The lowest BCUT2D eigenvalue weighted by molar-refractivity contribution is -0.121. The molecule has 0 radical (unpaired) electrons. The van der Waals surface area contributed by atoms with E-state index in [1.165, 1.54) is 19.3 Å². The summed E-state index contributed by atoms with van der Waals surface area (Å²) in [5.41, 5.74) is 1.45. The van der Waals surface area contributed by atoms with Gasteiger partial charge in [0, 0.05) is 16.8 Å². The van der Waals surface area contributed by atoms with E-state index in [2.05, 4.69) is 26.4 Å². The zero-order chi connectivity index (χ0) is 14.7. The van der Waals surface area contributed by atoms with Crippen LogP contribution < -0.4 is 5.32 Å². The van der Waals surface area contributed by atoms with E-state index in [9.17, 15) is 4.79 Å². The Morgan fingerprint density at radius 1 is 1.33 bits per heavy atom. The van der Waals surface area contributed by atoms with Crippen molar-refractivity contribution in [2.24, 2.45) is 5.92 Å². The molecule has 1 fully saturated rings. The van der Waals surface area contributed by atoms with Crippen molar-refractivity contribution in [2.75, 3.05) is 5.33 Å². The molecule has 0 bridgehead atoms. The fraction of sp³-hybridized carbons (Fsp3) is 0.500. The monoisotopic (exact) mass is 350 g/mol. The normalized spacial score (nSPS) is 22.3. The molecular weight excluding hydrogens is 332 g/mol. The van der Waals surface area contributed by atoms with Crippen molar-refractivity contribution in [3.8, 4) is 0 Å². The first-order valence-corrected chi connectivity index (χ1v) is 8.58. The molecular formula is C16H19BrN2O2. The van der Waals surface area contributed by atoms with E-state index in [0.717, 1.165) is 22.7 Å². The maximum Gasteiger partial charge on any atom is 0.226 e. The van der Waals surface area contributed by atoms with Crippen LogP contribution >= 0.6 is 15.9 Å². The number of rotatable bonds is 4. The highest BCUT2D eigenvalue weighted by atomic mass is 79.9. The third-order valence-corrected chi connectivity index (χ3v) is 5.07. The van der Waals surface area contributed by atoms with Crippen molar-refractivity contribution in [1.29, 1.82) is 0 Å². The van der Waals surface area contributed by atoms with Gasteiger partial charge in [-0.1, -0.05) is 46.1 Å². The molecule has 112 valence electrons. The van der Waals surface area contributed by atoms with Gasteiger partial charge in [-0.2, -0.15) is 0 Å². The fourth-order valence-electron chi connectivity index (χ4n) is 3.06. The van der Waals surface area contributed by atoms with Gasteiger partial charge in [-0.05, 0) is 30.9 Å². The predicted octanol–water partition coefficient (Wildman–Crippen LogP) is 3.44. The second kappa shape index (κ2) is 6.60. The summed E-state index contributed by atoms with van der Waals surface area (Å²) >= 11 is 3.56. The summed E-state index contributed by atoms with van der Waals surface area (Å²) in [6.07, 6.45) is 4.99. The van der Waals surface area contributed by atoms with Crippen molar-refractivity contribution in [3.05, 3.63) is 30.0 Å². The number of nitrogens with zero attached hydrogens (tertiary/aromatic N) is 1. The van der Waals surface area contributed by atoms with Crippen molar-refractivity contribution >= 4 is 32.8 Å². The molecule has 2 atom stereocenters. The second-order valence-corrected chi connectivity index (χ2v) is 6.32. The van der Waals surface area contributed by atoms with Gasteiger partial charge in [0.05, 0.1) is 6.42 Å². The SMILES string of the molecule is O=C(Cc1noc2ccccc12)NC1CCCCC1CBr. The maximum absolute atomic E-state index is 12.3. The summed E-state index contributed by atoms with van der Waals surface area (Å²) in [5, 5.41) is 9.07. The molecule has 2 aromatic rings. The quantitative estimate of drug-likeness (QED) is 0.859. The number of hydrogen-bond acceptors (Lipinski definition) is 3. The van der Waals surface area contributed by atoms with Crippen LogP contribution in [0.25, 0.3) is 11.0 Å². The molecule has 4 nitrogen and oxygen atoms in total. The van der Waals surface area contributed by atoms with Gasteiger partial charge in [-0.25, -0.2) is 0 Å². The van der Waals surface area contributed by atoms with Crippen LogP contribution in [0.1, 0.15) is 31.4 Å². The lowest BCUT2D eigenvalue weighted by Gasteiger charge is -2.30. The largest absolute Gasteiger partial charge is 0.356 e. The minimum absolute atomic E-state index is 0.0342. The van der Waals surface area contributed by atoms with E-state index in [1.54, 1.807) is 0 Å². The van der Waals surface area contributed by atoms with Gasteiger partial charge in [-0.3, -0.25) is 4.79 Å². The Hall–Kier alpha value is -1.36. The summed E-state index contributed by atoms with van der Waals surface area (Å²) in [7, 11) is 0. The number of aromatic nitrogens is 1. The Balaban J connectivity index is 1.66. The molecule has 1 aromatic carbocycles. The molecule has 0 spiro atoms. The van der Waals surface area contributed by atoms with Gasteiger partial charge in [-0.15, -0.1) is 0 Å². The van der Waals surface area contributed by atoms with E-state index in [0.29, 0.717) is 11.6 Å². The van der Waals surface area contributed by atoms with E-state index in [4.69, 9.17) is 4.52 Å². The summed E-state index contributed by atoms with van der Waals surface area (Å²) < 4.78 is 5.24. The van der Waals surface area contributed by atoms with Gasteiger partial charge >= 0.3 is 0 Å². The van der Waals surface area contributed by atoms with E-state index < -0.39 is 0 Å². The Bertz CT molecular complexity index is 626. The van der Waals surface area contributed by atoms with Crippen LogP contribution in [0.2, 0.25) is 0 Å². The lowest BCUT2D eigenvalue weighted by Crippen LogP contribution is -2.43. The van der Waals surface area contributed by atoms with Crippen molar-refractivity contribution < 1.29 is 9.32 Å². The van der Waals surface area contributed by atoms with Gasteiger partial charge < -0.3 is 9.84 Å².